The van der Waals surface area contributed by atoms with Crippen molar-refractivity contribution in [3.8, 4) is 5.75 Å². The van der Waals surface area contributed by atoms with Crippen LogP contribution in [0.15, 0.2) is 48.5 Å². The highest BCUT2D eigenvalue weighted by atomic mass is 35.5. The van der Waals surface area contributed by atoms with E-state index < -0.39 is 10.0 Å². The zero-order valence-electron chi connectivity index (χ0n) is 14.3. The number of benzene rings is 2. The molecule has 0 fully saturated rings. The first-order valence-electron chi connectivity index (χ1n) is 7.76. The quantitative estimate of drug-likeness (QED) is 0.700. The Bertz CT molecular complexity index is 927. The van der Waals surface area contributed by atoms with Crippen LogP contribution in [0.25, 0.3) is 6.08 Å². The summed E-state index contributed by atoms with van der Waals surface area (Å²) >= 11 is 5.90. The van der Waals surface area contributed by atoms with E-state index in [1.165, 1.54) is 26.2 Å². The van der Waals surface area contributed by atoms with Crippen molar-refractivity contribution in [3.63, 3.8) is 0 Å². The van der Waals surface area contributed by atoms with E-state index in [0.29, 0.717) is 22.1 Å². The number of ether oxygens (including phenoxy) is 1. The molecule has 138 valence electrons. The number of sulfonamides is 1. The lowest BCUT2D eigenvalue weighted by Gasteiger charge is -2.12. The van der Waals surface area contributed by atoms with Crippen LogP contribution in [0.5, 0.6) is 5.75 Å². The summed E-state index contributed by atoms with van der Waals surface area (Å²) in [5, 5.41) is 3.28. The molecule has 0 saturated carbocycles. The van der Waals surface area contributed by atoms with Gasteiger partial charge in [-0.05, 0) is 42.8 Å². The van der Waals surface area contributed by atoms with Crippen molar-refractivity contribution in [1.82, 2.24) is 0 Å². The fraction of sp³-hybridized carbons (Fsp3) is 0.167. The van der Waals surface area contributed by atoms with Crippen molar-refractivity contribution in [1.29, 1.82) is 0 Å². The molecule has 8 heteroatoms. The van der Waals surface area contributed by atoms with Crippen molar-refractivity contribution in [3.05, 3.63) is 59.1 Å². The average Bonchev–Trinajstić information content (AvgIpc) is 2.61. The van der Waals surface area contributed by atoms with Crippen LogP contribution in [-0.4, -0.2) is 27.2 Å². The number of rotatable bonds is 7. The van der Waals surface area contributed by atoms with Gasteiger partial charge in [-0.2, -0.15) is 0 Å². The van der Waals surface area contributed by atoms with Crippen LogP contribution in [0.1, 0.15) is 12.5 Å². The topological polar surface area (TPSA) is 84.5 Å². The van der Waals surface area contributed by atoms with Gasteiger partial charge in [-0.25, -0.2) is 8.42 Å². The molecule has 0 spiro atoms. The van der Waals surface area contributed by atoms with Crippen LogP contribution in [0.3, 0.4) is 0 Å². The Kier molecular flexibility index (Phi) is 6.65. The zero-order chi connectivity index (χ0) is 19.2. The summed E-state index contributed by atoms with van der Waals surface area (Å²) in [6, 6.07) is 11.8. The predicted octanol–water partition coefficient (Wildman–Crippen LogP) is 3.76. The molecule has 0 aliphatic heterocycles. The van der Waals surface area contributed by atoms with Gasteiger partial charge >= 0.3 is 0 Å². The fourth-order valence-corrected chi connectivity index (χ4v) is 2.91. The predicted molar refractivity (Wildman–Crippen MR) is 105 cm³/mol. The maximum absolute atomic E-state index is 12.0. The minimum Gasteiger partial charge on any atom is -0.494 e. The monoisotopic (exact) mass is 394 g/mol. The summed E-state index contributed by atoms with van der Waals surface area (Å²) in [6.45, 7) is 1.54. The normalized spacial score (nSPS) is 11.3. The summed E-state index contributed by atoms with van der Waals surface area (Å²) in [5.74, 6) is -0.0873. The van der Waals surface area contributed by atoms with E-state index in [0.717, 1.165) is 5.56 Å². The van der Waals surface area contributed by atoms with Gasteiger partial charge in [-0.15, -0.1) is 0 Å². The molecule has 0 unspecified atom stereocenters. The molecule has 0 heterocycles. The van der Waals surface area contributed by atoms with E-state index in [-0.39, 0.29) is 11.7 Å². The van der Waals surface area contributed by atoms with Gasteiger partial charge in [0.25, 0.3) is 0 Å². The van der Waals surface area contributed by atoms with Crippen LogP contribution >= 0.6 is 11.6 Å². The first kappa shape index (κ1) is 19.8. The molecule has 6 nitrogen and oxygen atoms in total. The summed E-state index contributed by atoms with van der Waals surface area (Å²) in [4.78, 5) is 12.0. The highest BCUT2D eigenvalue weighted by molar-refractivity contribution is 7.92. The van der Waals surface area contributed by atoms with Crippen LogP contribution < -0.4 is 14.8 Å². The largest absolute Gasteiger partial charge is 0.494 e. The summed E-state index contributed by atoms with van der Waals surface area (Å²) < 4.78 is 31.0. The third-order valence-corrected chi connectivity index (χ3v) is 4.92. The molecule has 0 aliphatic rings. The maximum atomic E-state index is 12.0. The van der Waals surface area contributed by atoms with Crippen molar-refractivity contribution in [2.75, 3.05) is 22.9 Å². The van der Waals surface area contributed by atoms with Gasteiger partial charge in [0.15, 0.2) is 0 Å². The minimum absolute atomic E-state index is 0.0526. The molecule has 0 aliphatic carbocycles. The molecule has 0 atom stereocenters. The summed E-state index contributed by atoms with van der Waals surface area (Å²) in [6.07, 6.45) is 3.02. The van der Waals surface area contributed by atoms with Gasteiger partial charge in [0.2, 0.25) is 15.9 Å². The summed E-state index contributed by atoms with van der Waals surface area (Å²) in [5.41, 5.74) is 1.58. The molecular formula is C18H19ClN2O4S. The van der Waals surface area contributed by atoms with Crippen molar-refractivity contribution in [2.45, 2.75) is 6.92 Å². The van der Waals surface area contributed by atoms with Gasteiger partial charge in [0.05, 0.1) is 18.6 Å². The second-order valence-corrected chi connectivity index (χ2v) is 7.75. The molecule has 0 aromatic heterocycles. The number of methoxy groups -OCH3 is 1. The zero-order valence-corrected chi connectivity index (χ0v) is 15.9. The van der Waals surface area contributed by atoms with Gasteiger partial charge in [0.1, 0.15) is 5.75 Å². The highest BCUT2D eigenvalue weighted by Crippen LogP contribution is 2.28. The lowest BCUT2D eigenvalue weighted by atomic mass is 10.2. The van der Waals surface area contributed by atoms with E-state index in [1.807, 2.05) is 6.07 Å². The number of anilines is 2. The SMILES string of the molecule is CCS(=O)(=O)Nc1ccc(NC(=O)C=Cc2cccc(Cl)c2)cc1OC. The first-order chi connectivity index (χ1) is 12.3. The van der Waals surface area contributed by atoms with Crippen LogP contribution in [-0.2, 0) is 14.8 Å². The molecular weight excluding hydrogens is 376 g/mol. The Hall–Kier alpha value is -2.51. The maximum Gasteiger partial charge on any atom is 0.248 e. The molecule has 2 N–H and O–H groups in total. The molecule has 2 aromatic carbocycles. The second kappa shape index (κ2) is 8.73. The molecule has 2 aromatic rings. The third-order valence-electron chi connectivity index (χ3n) is 3.39. The number of hydrogen-bond donors (Lipinski definition) is 2. The lowest BCUT2D eigenvalue weighted by Crippen LogP contribution is -2.15. The van der Waals surface area contributed by atoms with Crippen molar-refractivity contribution < 1.29 is 17.9 Å². The smallest absolute Gasteiger partial charge is 0.248 e. The number of halogens is 1. The Morgan fingerprint density at radius 2 is 2.00 bits per heavy atom. The lowest BCUT2D eigenvalue weighted by molar-refractivity contribution is -0.111. The van der Waals surface area contributed by atoms with Crippen molar-refractivity contribution in [2.24, 2.45) is 0 Å². The van der Waals surface area contributed by atoms with E-state index >= 15 is 0 Å². The Morgan fingerprint density at radius 3 is 2.65 bits per heavy atom. The Balaban J connectivity index is 2.10. The highest BCUT2D eigenvalue weighted by Gasteiger charge is 2.12. The number of carbonyl (C=O) groups excluding carboxylic acids is 1. The van der Waals surface area contributed by atoms with Crippen LogP contribution in [0, 0.1) is 0 Å². The fourth-order valence-electron chi connectivity index (χ4n) is 2.06. The van der Waals surface area contributed by atoms with E-state index in [4.69, 9.17) is 16.3 Å². The van der Waals surface area contributed by atoms with E-state index in [2.05, 4.69) is 10.0 Å². The second-order valence-electron chi connectivity index (χ2n) is 5.30. The number of amides is 1. The van der Waals surface area contributed by atoms with Crippen LogP contribution in [0.4, 0.5) is 11.4 Å². The third kappa shape index (κ3) is 5.79. The molecule has 0 radical (unpaired) electrons. The average molecular weight is 395 g/mol. The van der Waals surface area contributed by atoms with E-state index in [1.54, 1.807) is 36.4 Å². The molecule has 26 heavy (non-hydrogen) atoms. The van der Waals surface area contributed by atoms with Gasteiger partial charge < -0.3 is 10.1 Å². The van der Waals surface area contributed by atoms with Crippen LogP contribution in [0.2, 0.25) is 5.02 Å². The number of hydrogen-bond acceptors (Lipinski definition) is 4. The minimum atomic E-state index is -3.42. The Morgan fingerprint density at radius 1 is 1.23 bits per heavy atom. The first-order valence-corrected chi connectivity index (χ1v) is 9.79. The van der Waals surface area contributed by atoms with E-state index in [9.17, 15) is 13.2 Å². The van der Waals surface area contributed by atoms with Crippen molar-refractivity contribution >= 4 is 45.0 Å². The Labute approximate surface area is 157 Å². The van der Waals surface area contributed by atoms with Gasteiger partial charge in [-0.1, -0.05) is 23.7 Å². The van der Waals surface area contributed by atoms with Gasteiger partial charge in [0, 0.05) is 22.9 Å². The van der Waals surface area contributed by atoms with Gasteiger partial charge in [-0.3, -0.25) is 9.52 Å². The number of nitrogens with one attached hydrogen (secondary N) is 2. The molecule has 0 saturated heterocycles. The standard InChI is InChI=1S/C18H19ClN2O4S/c1-3-26(23,24)21-16-9-8-15(12-17(16)25-2)20-18(22)10-7-13-5-4-6-14(19)11-13/h4-12,21H,3H2,1-2H3,(H,20,22). The summed E-state index contributed by atoms with van der Waals surface area (Å²) in [7, 11) is -2.00. The molecule has 2 rings (SSSR count). The number of carbonyl (C=O) groups is 1. The molecule has 0 bridgehead atoms. The molecule has 1 amide bonds.